The van der Waals surface area contributed by atoms with Crippen LogP contribution in [-0.4, -0.2) is 32.4 Å². The molecule has 0 fully saturated rings. The lowest BCUT2D eigenvalue weighted by atomic mass is 10.0. The van der Waals surface area contributed by atoms with Gasteiger partial charge in [0.15, 0.2) is 5.69 Å². The highest BCUT2D eigenvalue weighted by atomic mass is 79.9. The number of hydrogen-bond donors (Lipinski definition) is 1. The van der Waals surface area contributed by atoms with Crippen molar-refractivity contribution >= 4 is 28.1 Å². The lowest BCUT2D eigenvalue weighted by Crippen LogP contribution is -2.04. The zero-order valence-electron chi connectivity index (χ0n) is 12.3. The molecule has 118 valence electrons. The molecule has 7 heteroatoms. The lowest BCUT2D eigenvalue weighted by molar-refractivity contribution is 0.0998. The smallest absolute Gasteiger partial charge is 0.298 e. The molecule has 0 aliphatic carbocycles. The van der Waals surface area contributed by atoms with Crippen LogP contribution in [0, 0.1) is 0 Å². The van der Waals surface area contributed by atoms with Crippen LogP contribution in [0.2, 0.25) is 0 Å². The molecule has 0 aliphatic heterocycles. The first-order valence-corrected chi connectivity index (χ1v) is 7.74. The van der Waals surface area contributed by atoms with Gasteiger partial charge in [0.25, 0.3) is 5.91 Å². The Balaban J connectivity index is 1.94. The van der Waals surface area contributed by atoms with Gasteiger partial charge in [-0.05, 0) is 35.9 Å². The summed E-state index contributed by atoms with van der Waals surface area (Å²) in [5, 5.41) is 17.3. The molecule has 3 rings (SSSR count). The fourth-order valence-corrected chi connectivity index (χ4v) is 2.31. The maximum Gasteiger partial charge on any atom is 0.298 e. The quantitative estimate of drug-likeness (QED) is 0.702. The van der Waals surface area contributed by atoms with Crippen LogP contribution in [0.4, 0.5) is 0 Å². The number of hydrogen-bond acceptors (Lipinski definition) is 5. The molecular weight excluding hydrogens is 372 g/mol. The van der Waals surface area contributed by atoms with Crippen LogP contribution in [0.1, 0.15) is 16.2 Å². The monoisotopic (exact) mass is 382 g/mol. The maximum absolute atomic E-state index is 12.4. The number of halogens is 1. The van der Waals surface area contributed by atoms with Crippen molar-refractivity contribution in [2.24, 2.45) is 4.99 Å². The van der Waals surface area contributed by atoms with Crippen molar-refractivity contribution in [3.63, 3.8) is 0 Å². The summed E-state index contributed by atoms with van der Waals surface area (Å²) in [5.41, 5.74) is 1.80. The number of carbonyl (C=O) groups excluding carboxylic acids is 1. The molecule has 0 radical (unpaired) electrons. The summed E-state index contributed by atoms with van der Waals surface area (Å²) in [5.74, 6) is -0.618. The van der Waals surface area contributed by atoms with E-state index in [0.29, 0.717) is 5.56 Å². The van der Waals surface area contributed by atoms with Gasteiger partial charge in [0, 0.05) is 16.2 Å². The van der Waals surface area contributed by atoms with E-state index in [4.69, 9.17) is 0 Å². The second-order valence-corrected chi connectivity index (χ2v) is 5.69. The van der Waals surface area contributed by atoms with Crippen molar-refractivity contribution in [3.8, 4) is 16.9 Å². The minimum Gasteiger partial charge on any atom is -0.506 e. The summed E-state index contributed by atoms with van der Waals surface area (Å²) >= 11 is 3.37. The average Bonchev–Trinajstić information content (AvgIpc) is 2.61. The first-order chi connectivity index (χ1) is 11.6. The zero-order chi connectivity index (χ0) is 16.9. The summed E-state index contributed by atoms with van der Waals surface area (Å²) in [6, 6.07) is 12.2. The third-order valence-corrected chi connectivity index (χ3v) is 3.73. The number of amides is 1. The van der Waals surface area contributed by atoms with Gasteiger partial charge in [0.1, 0.15) is 11.4 Å². The number of aromatic hydroxyl groups is 1. The molecule has 0 bridgehead atoms. The summed E-state index contributed by atoms with van der Waals surface area (Å²) in [6.07, 6.45) is 4.22. The van der Waals surface area contributed by atoms with Gasteiger partial charge in [-0.25, -0.2) is 4.99 Å². The fraction of sp³-hybridized carbons (Fsp3) is 0. The molecule has 0 saturated heterocycles. The molecule has 0 spiro atoms. The van der Waals surface area contributed by atoms with Crippen LogP contribution in [0.3, 0.4) is 0 Å². The van der Waals surface area contributed by atoms with E-state index in [-0.39, 0.29) is 17.1 Å². The molecule has 24 heavy (non-hydrogen) atoms. The highest BCUT2D eigenvalue weighted by Crippen LogP contribution is 2.24. The Kier molecular flexibility index (Phi) is 4.72. The molecule has 2 aromatic heterocycles. The Labute approximate surface area is 146 Å². The largest absolute Gasteiger partial charge is 0.506 e. The van der Waals surface area contributed by atoms with E-state index in [9.17, 15) is 9.90 Å². The molecular formula is C17H11BrN4O2. The number of aromatic nitrogens is 3. The third kappa shape index (κ3) is 3.52. The predicted molar refractivity (Wildman–Crippen MR) is 93.0 cm³/mol. The average molecular weight is 383 g/mol. The first-order valence-electron chi connectivity index (χ1n) is 6.95. The van der Waals surface area contributed by atoms with Gasteiger partial charge in [-0.15, -0.1) is 5.10 Å². The van der Waals surface area contributed by atoms with Gasteiger partial charge in [0.2, 0.25) is 0 Å². The number of carbonyl (C=O) groups is 1. The summed E-state index contributed by atoms with van der Waals surface area (Å²) in [6.45, 7) is 0. The number of nitrogens with zero attached hydrogens (tertiary/aromatic N) is 4. The lowest BCUT2D eigenvalue weighted by Gasteiger charge is -2.05. The van der Waals surface area contributed by atoms with E-state index in [0.717, 1.165) is 10.0 Å². The number of pyridine rings is 1. The number of benzene rings is 1. The van der Waals surface area contributed by atoms with Crippen LogP contribution >= 0.6 is 15.9 Å². The van der Waals surface area contributed by atoms with E-state index < -0.39 is 5.91 Å². The van der Waals surface area contributed by atoms with Gasteiger partial charge < -0.3 is 5.11 Å². The van der Waals surface area contributed by atoms with Crippen LogP contribution in [0.5, 0.6) is 5.75 Å². The molecule has 2 heterocycles. The van der Waals surface area contributed by atoms with E-state index >= 15 is 0 Å². The van der Waals surface area contributed by atoms with E-state index in [1.54, 1.807) is 12.1 Å². The van der Waals surface area contributed by atoms with E-state index in [2.05, 4.69) is 36.1 Å². The molecule has 3 aromatic rings. The highest BCUT2D eigenvalue weighted by molar-refractivity contribution is 9.10. The summed E-state index contributed by atoms with van der Waals surface area (Å²) in [7, 11) is 0. The molecule has 6 nitrogen and oxygen atoms in total. The maximum atomic E-state index is 12.4. The van der Waals surface area contributed by atoms with Crippen LogP contribution in [0.25, 0.3) is 11.1 Å². The molecule has 0 saturated carbocycles. The topological polar surface area (TPSA) is 88.3 Å². The van der Waals surface area contributed by atoms with Crippen molar-refractivity contribution < 1.29 is 9.90 Å². The standard InChI is InChI=1S/C17H11BrN4O2/c18-12-5-3-11(4-6-12)13-7-9-21-22-16(13)17(24)20-10-14-15(23)2-1-8-19-14/h1-10,23H/b20-10-. The van der Waals surface area contributed by atoms with Crippen LogP contribution in [0.15, 0.2) is 64.3 Å². The SMILES string of the molecule is O=C(/N=C\c1ncccc1O)c1nnccc1-c1ccc(Br)cc1. The van der Waals surface area contributed by atoms with E-state index in [1.807, 2.05) is 24.3 Å². The Morgan fingerprint density at radius 2 is 1.92 bits per heavy atom. The predicted octanol–water partition coefficient (Wildman–Crippen LogP) is 3.27. The van der Waals surface area contributed by atoms with Gasteiger partial charge in [-0.1, -0.05) is 28.1 Å². The Morgan fingerprint density at radius 1 is 1.12 bits per heavy atom. The molecule has 0 unspecified atom stereocenters. The number of rotatable bonds is 3. The third-order valence-electron chi connectivity index (χ3n) is 3.20. The summed E-state index contributed by atoms with van der Waals surface area (Å²) < 4.78 is 0.935. The van der Waals surface area contributed by atoms with Crippen molar-refractivity contribution in [1.82, 2.24) is 15.2 Å². The van der Waals surface area contributed by atoms with Crippen molar-refractivity contribution in [3.05, 3.63) is 70.7 Å². The van der Waals surface area contributed by atoms with Gasteiger partial charge in [-0.3, -0.25) is 9.78 Å². The molecule has 0 aliphatic rings. The Hall–Kier alpha value is -2.93. The molecule has 0 atom stereocenters. The van der Waals surface area contributed by atoms with Crippen molar-refractivity contribution in [1.29, 1.82) is 0 Å². The first kappa shape index (κ1) is 15.9. The van der Waals surface area contributed by atoms with E-state index in [1.165, 1.54) is 24.7 Å². The van der Waals surface area contributed by atoms with Crippen LogP contribution in [-0.2, 0) is 0 Å². The second-order valence-electron chi connectivity index (χ2n) is 4.77. The molecule has 1 aromatic carbocycles. The highest BCUT2D eigenvalue weighted by Gasteiger charge is 2.14. The van der Waals surface area contributed by atoms with Gasteiger partial charge in [0.05, 0.1) is 12.4 Å². The normalized spacial score (nSPS) is 10.9. The fourth-order valence-electron chi connectivity index (χ4n) is 2.04. The number of aliphatic imine (C=N–C) groups is 1. The zero-order valence-corrected chi connectivity index (χ0v) is 13.9. The Morgan fingerprint density at radius 3 is 2.67 bits per heavy atom. The molecule has 1 amide bonds. The second kappa shape index (κ2) is 7.10. The molecule has 1 N–H and O–H groups in total. The minimum absolute atomic E-state index is 0.0543. The van der Waals surface area contributed by atoms with Gasteiger partial charge >= 0.3 is 0 Å². The van der Waals surface area contributed by atoms with Gasteiger partial charge in [-0.2, -0.15) is 5.10 Å². The van der Waals surface area contributed by atoms with Crippen LogP contribution < -0.4 is 0 Å². The summed E-state index contributed by atoms with van der Waals surface area (Å²) in [4.78, 5) is 20.1. The Bertz CT molecular complexity index is 910. The van der Waals surface area contributed by atoms with Crippen molar-refractivity contribution in [2.75, 3.05) is 0 Å². The minimum atomic E-state index is -0.564. The van der Waals surface area contributed by atoms with Crippen molar-refractivity contribution in [2.45, 2.75) is 0 Å².